The molecule has 0 aliphatic carbocycles. The predicted octanol–water partition coefficient (Wildman–Crippen LogP) is 2.93. The van der Waals surface area contributed by atoms with E-state index in [1.165, 1.54) is 25.5 Å². The van der Waals surface area contributed by atoms with Gasteiger partial charge >= 0.3 is 5.97 Å². The van der Waals surface area contributed by atoms with E-state index >= 15 is 0 Å². The Balaban J connectivity index is 2.25. The summed E-state index contributed by atoms with van der Waals surface area (Å²) in [4.78, 5) is 11.9. The van der Waals surface area contributed by atoms with Crippen molar-refractivity contribution in [3.8, 4) is 0 Å². The fraction of sp³-hybridized carbons (Fsp3) is 0.429. The number of benzene rings is 1. The van der Waals surface area contributed by atoms with Gasteiger partial charge in [-0.2, -0.15) is 5.10 Å². The average molecular weight is 408 g/mol. The summed E-state index contributed by atoms with van der Waals surface area (Å²) in [7, 11) is 1.32. The van der Waals surface area contributed by atoms with Crippen LogP contribution in [0.4, 0.5) is 8.78 Å². The lowest BCUT2D eigenvalue weighted by Gasteiger charge is -2.29. The number of rotatable bonds is 3. The molecular weight excluding hydrogens is 393 g/mol. The van der Waals surface area contributed by atoms with Gasteiger partial charge in [-0.1, -0.05) is 0 Å². The van der Waals surface area contributed by atoms with E-state index < -0.39 is 17.2 Å². The van der Waals surface area contributed by atoms with Gasteiger partial charge in [0.25, 0.3) is 0 Å². The second-order valence-electron chi connectivity index (χ2n) is 5.00. The van der Waals surface area contributed by atoms with Crippen molar-refractivity contribution >= 4 is 34.8 Å². The van der Waals surface area contributed by atoms with Crippen LogP contribution < -0.4 is 0 Å². The van der Waals surface area contributed by atoms with E-state index in [-0.39, 0.29) is 15.1 Å². The molecule has 0 amide bonds. The van der Waals surface area contributed by atoms with Gasteiger partial charge in [-0.15, -0.1) is 0 Å². The van der Waals surface area contributed by atoms with Crippen molar-refractivity contribution in [2.45, 2.75) is 25.3 Å². The van der Waals surface area contributed by atoms with Gasteiger partial charge in [0.1, 0.15) is 0 Å². The Kier molecular flexibility index (Phi) is 4.80. The van der Waals surface area contributed by atoms with E-state index in [1.807, 2.05) is 0 Å². The zero-order valence-corrected chi connectivity index (χ0v) is 13.9. The number of halogens is 3. The van der Waals surface area contributed by atoms with Crippen LogP contribution in [-0.2, 0) is 9.53 Å². The molecule has 1 atom stereocenters. The van der Waals surface area contributed by atoms with E-state index in [2.05, 4.69) is 5.10 Å². The predicted molar refractivity (Wildman–Crippen MR) is 83.0 cm³/mol. The summed E-state index contributed by atoms with van der Waals surface area (Å²) in [5.41, 5.74) is -0.809. The fourth-order valence-corrected chi connectivity index (χ4v) is 2.75. The third kappa shape index (κ3) is 3.02. The Labute approximate surface area is 135 Å². The summed E-state index contributed by atoms with van der Waals surface area (Å²) < 4.78 is 32.3. The first kappa shape index (κ1) is 16.1. The zero-order valence-electron chi connectivity index (χ0n) is 11.7. The summed E-state index contributed by atoms with van der Waals surface area (Å²) in [6.07, 6.45) is 2.63. The van der Waals surface area contributed by atoms with Gasteiger partial charge in [0.2, 0.25) is 0 Å². The molecule has 1 fully saturated rings. The molecule has 1 heterocycles. The molecule has 0 saturated carbocycles. The molecule has 1 aliphatic heterocycles. The van der Waals surface area contributed by atoms with Gasteiger partial charge in [0.05, 0.1) is 16.9 Å². The van der Waals surface area contributed by atoms with Crippen LogP contribution in [0, 0.1) is 15.2 Å². The molecule has 2 rings (SSSR count). The van der Waals surface area contributed by atoms with Crippen LogP contribution in [-0.4, -0.2) is 36.4 Å². The Morgan fingerprint density at radius 2 is 2.19 bits per heavy atom. The summed E-state index contributed by atoms with van der Waals surface area (Å²) in [5, 5.41) is 5.71. The van der Waals surface area contributed by atoms with Crippen LogP contribution in [0.2, 0.25) is 0 Å². The Morgan fingerprint density at radius 3 is 2.86 bits per heavy atom. The molecule has 21 heavy (non-hydrogen) atoms. The number of hydrazone groups is 1. The van der Waals surface area contributed by atoms with Crippen molar-refractivity contribution in [3.05, 3.63) is 32.9 Å². The largest absolute Gasteiger partial charge is 0.467 e. The molecule has 0 radical (unpaired) electrons. The van der Waals surface area contributed by atoms with Crippen LogP contribution in [0.5, 0.6) is 0 Å². The van der Waals surface area contributed by atoms with Crippen LogP contribution in [0.3, 0.4) is 0 Å². The van der Waals surface area contributed by atoms with Crippen molar-refractivity contribution in [1.82, 2.24) is 5.01 Å². The van der Waals surface area contributed by atoms with Crippen LogP contribution in [0.1, 0.15) is 25.3 Å². The van der Waals surface area contributed by atoms with Gasteiger partial charge in [0.15, 0.2) is 17.2 Å². The fourth-order valence-electron chi connectivity index (χ4n) is 2.33. The topological polar surface area (TPSA) is 41.9 Å². The maximum atomic E-state index is 13.8. The van der Waals surface area contributed by atoms with E-state index in [1.54, 1.807) is 34.5 Å². The molecule has 4 nitrogen and oxygen atoms in total. The Morgan fingerprint density at radius 1 is 1.48 bits per heavy atom. The molecule has 114 valence electrons. The molecule has 1 aromatic rings. The molecular formula is C14H15F2IN2O2. The number of esters is 1. The minimum absolute atomic E-state index is 0.0482. The van der Waals surface area contributed by atoms with E-state index in [9.17, 15) is 13.6 Å². The third-order valence-electron chi connectivity index (χ3n) is 3.63. The van der Waals surface area contributed by atoms with Gasteiger partial charge in [0, 0.05) is 12.1 Å². The van der Waals surface area contributed by atoms with Crippen molar-refractivity contribution < 1.29 is 18.3 Å². The quantitative estimate of drug-likeness (QED) is 0.334. The second-order valence-corrected chi connectivity index (χ2v) is 6.16. The molecule has 7 heteroatoms. The standard InChI is InChI=1S/C14H15F2IN2O2/c1-14(13(20)21-2)6-3-7-19(14)18-8-9-4-5-10(17)12(16)11(9)15/h4-5,8H,3,6-7H2,1-2H3. The van der Waals surface area contributed by atoms with Crippen molar-refractivity contribution in [1.29, 1.82) is 0 Å². The Hall–Kier alpha value is -1.25. The molecule has 0 N–H and O–H groups in total. The van der Waals surface area contributed by atoms with Crippen LogP contribution in [0.15, 0.2) is 17.2 Å². The minimum Gasteiger partial charge on any atom is -0.467 e. The van der Waals surface area contributed by atoms with E-state index in [0.717, 1.165) is 6.42 Å². The summed E-state index contributed by atoms with van der Waals surface area (Å²) in [5.74, 6) is -2.22. The maximum Gasteiger partial charge on any atom is 0.333 e. The Bertz CT molecular complexity index is 595. The van der Waals surface area contributed by atoms with Crippen LogP contribution in [0.25, 0.3) is 0 Å². The van der Waals surface area contributed by atoms with Gasteiger partial charge in [-0.25, -0.2) is 13.6 Å². The molecule has 0 aromatic heterocycles. The number of nitrogens with zero attached hydrogens (tertiary/aromatic N) is 2. The number of carbonyl (C=O) groups excluding carboxylic acids is 1. The first-order valence-electron chi connectivity index (χ1n) is 6.43. The lowest BCUT2D eigenvalue weighted by molar-refractivity contribution is -0.152. The molecule has 1 unspecified atom stereocenters. The molecule has 0 bridgehead atoms. The van der Waals surface area contributed by atoms with E-state index in [0.29, 0.717) is 13.0 Å². The third-order valence-corrected chi connectivity index (χ3v) is 4.46. The van der Waals surface area contributed by atoms with Gasteiger partial charge < -0.3 is 4.74 Å². The first-order valence-corrected chi connectivity index (χ1v) is 7.51. The number of hydrogen-bond donors (Lipinski definition) is 0. The van der Waals surface area contributed by atoms with Crippen molar-refractivity contribution in [3.63, 3.8) is 0 Å². The smallest absolute Gasteiger partial charge is 0.333 e. The van der Waals surface area contributed by atoms with E-state index in [4.69, 9.17) is 4.74 Å². The highest BCUT2D eigenvalue weighted by Gasteiger charge is 2.44. The number of methoxy groups -OCH3 is 1. The monoisotopic (exact) mass is 408 g/mol. The summed E-state index contributed by atoms with van der Waals surface area (Å²) >= 11 is 1.72. The number of hydrogen-bond acceptors (Lipinski definition) is 4. The summed E-state index contributed by atoms with van der Waals surface area (Å²) in [6.45, 7) is 2.30. The highest BCUT2D eigenvalue weighted by Crippen LogP contribution is 2.30. The highest BCUT2D eigenvalue weighted by molar-refractivity contribution is 14.1. The van der Waals surface area contributed by atoms with Gasteiger partial charge in [-0.3, -0.25) is 5.01 Å². The number of ether oxygens (including phenoxy) is 1. The van der Waals surface area contributed by atoms with Crippen molar-refractivity contribution in [2.75, 3.05) is 13.7 Å². The minimum atomic E-state index is -0.940. The maximum absolute atomic E-state index is 13.8. The zero-order chi connectivity index (χ0) is 15.6. The second kappa shape index (κ2) is 6.25. The number of carbonyl (C=O) groups is 1. The molecule has 1 aliphatic rings. The SMILES string of the molecule is COC(=O)C1(C)CCCN1N=Cc1ccc(I)c(F)c1F. The van der Waals surface area contributed by atoms with Crippen LogP contribution >= 0.6 is 22.6 Å². The van der Waals surface area contributed by atoms with Crippen molar-refractivity contribution in [2.24, 2.45) is 5.10 Å². The van der Waals surface area contributed by atoms with Gasteiger partial charge in [-0.05, 0) is 54.5 Å². The normalized spacial score (nSPS) is 22.0. The molecule has 0 spiro atoms. The summed E-state index contributed by atoms with van der Waals surface area (Å²) in [6, 6.07) is 2.93. The molecule has 1 saturated heterocycles. The molecule has 1 aromatic carbocycles. The first-order chi connectivity index (χ1) is 9.90. The lowest BCUT2D eigenvalue weighted by atomic mass is 10.0. The average Bonchev–Trinajstić information content (AvgIpc) is 2.85. The lowest BCUT2D eigenvalue weighted by Crippen LogP contribution is -2.45. The highest BCUT2D eigenvalue weighted by atomic mass is 127.